The van der Waals surface area contributed by atoms with E-state index in [1.807, 2.05) is 24.3 Å². The first-order chi connectivity index (χ1) is 13.1. The first kappa shape index (κ1) is 18.8. The highest BCUT2D eigenvalue weighted by atomic mass is 32.1. The van der Waals surface area contributed by atoms with E-state index >= 15 is 0 Å². The maximum absolute atomic E-state index is 12.5. The van der Waals surface area contributed by atoms with E-state index in [0.717, 1.165) is 11.3 Å². The lowest BCUT2D eigenvalue weighted by molar-refractivity contribution is -0.127. The van der Waals surface area contributed by atoms with Crippen LogP contribution in [-0.2, 0) is 16.0 Å². The minimum Gasteiger partial charge on any atom is -0.496 e. The number of thiazole rings is 1. The van der Waals surface area contributed by atoms with Crippen molar-refractivity contribution in [3.05, 3.63) is 41.4 Å². The summed E-state index contributed by atoms with van der Waals surface area (Å²) in [5, 5.41) is 7.58. The third-order valence-electron chi connectivity index (χ3n) is 4.24. The molecule has 27 heavy (non-hydrogen) atoms. The summed E-state index contributed by atoms with van der Waals surface area (Å²) < 4.78 is 5.29. The number of anilines is 1. The number of hydrogen-bond acceptors (Lipinski definition) is 6. The van der Waals surface area contributed by atoms with Crippen LogP contribution in [0.15, 0.2) is 35.8 Å². The van der Waals surface area contributed by atoms with Crippen molar-refractivity contribution in [2.24, 2.45) is 0 Å². The number of benzene rings is 1. The molecule has 9 heteroatoms. The second kappa shape index (κ2) is 8.63. The summed E-state index contributed by atoms with van der Waals surface area (Å²) in [4.78, 5) is 41.7. The summed E-state index contributed by atoms with van der Waals surface area (Å²) in [6.07, 6.45) is 2.46. The highest BCUT2D eigenvalue weighted by Gasteiger charge is 2.37. The van der Waals surface area contributed by atoms with Gasteiger partial charge in [0.1, 0.15) is 11.8 Å². The average molecular weight is 388 g/mol. The molecule has 3 rings (SSSR count). The molecule has 1 unspecified atom stereocenters. The Morgan fingerprint density at radius 1 is 1.37 bits per heavy atom. The van der Waals surface area contributed by atoms with Crippen molar-refractivity contribution >= 4 is 34.3 Å². The van der Waals surface area contributed by atoms with E-state index in [-0.39, 0.29) is 31.2 Å². The normalized spacial score (nSPS) is 16.3. The number of methoxy groups -OCH3 is 1. The number of ether oxygens (including phenoxy) is 1. The molecule has 2 heterocycles. The summed E-state index contributed by atoms with van der Waals surface area (Å²) in [6.45, 7) is 0.257. The van der Waals surface area contributed by atoms with Crippen LogP contribution in [0.25, 0.3) is 0 Å². The zero-order valence-corrected chi connectivity index (χ0v) is 15.6. The van der Waals surface area contributed by atoms with Gasteiger partial charge in [0, 0.05) is 24.5 Å². The van der Waals surface area contributed by atoms with Crippen molar-refractivity contribution < 1.29 is 19.1 Å². The van der Waals surface area contributed by atoms with Crippen molar-refractivity contribution in [3.63, 3.8) is 0 Å². The number of imide groups is 1. The number of carbonyl (C=O) groups is 3. The molecule has 1 aromatic carbocycles. The molecule has 1 aliphatic rings. The standard InChI is InChI=1S/C18H20N4O4S/c1-26-14-5-3-2-4-12(14)8-10-22-16(24)13(20-18(22)25)6-7-15(23)21-17-19-9-11-27-17/h2-5,9,11,13H,6-8,10H2,1H3,(H,20,25)(H,19,21,23). The van der Waals surface area contributed by atoms with E-state index in [1.54, 1.807) is 18.7 Å². The lowest BCUT2D eigenvalue weighted by atomic mass is 10.1. The SMILES string of the molecule is COc1ccccc1CCN1C(=O)NC(CCC(=O)Nc2nccs2)C1=O. The average Bonchev–Trinajstić information content (AvgIpc) is 3.27. The molecular formula is C18H20N4O4S. The molecule has 142 valence electrons. The molecule has 0 aliphatic carbocycles. The zero-order chi connectivity index (χ0) is 19.2. The Bertz CT molecular complexity index is 825. The van der Waals surface area contributed by atoms with Crippen LogP contribution in [-0.4, -0.2) is 47.4 Å². The fourth-order valence-corrected chi connectivity index (χ4v) is 3.41. The third-order valence-corrected chi connectivity index (χ3v) is 4.93. The second-order valence-corrected chi connectivity index (χ2v) is 6.87. The quantitative estimate of drug-likeness (QED) is 0.674. The number of rotatable bonds is 8. The number of amides is 4. The molecule has 2 N–H and O–H groups in total. The van der Waals surface area contributed by atoms with Crippen molar-refractivity contribution in [2.75, 3.05) is 19.0 Å². The second-order valence-electron chi connectivity index (χ2n) is 5.98. The molecule has 1 aromatic heterocycles. The maximum atomic E-state index is 12.5. The molecule has 0 bridgehead atoms. The Labute approximate surface area is 160 Å². The van der Waals surface area contributed by atoms with Gasteiger partial charge in [0.2, 0.25) is 5.91 Å². The summed E-state index contributed by atoms with van der Waals surface area (Å²) in [6, 6.07) is 6.37. The van der Waals surface area contributed by atoms with Gasteiger partial charge in [-0.05, 0) is 24.5 Å². The molecule has 1 aliphatic heterocycles. The van der Waals surface area contributed by atoms with Crippen molar-refractivity contribution in [2.45, 2.75) is 25.3 Å². The van der Waals surface area contributed by atoms with E-state index in [9.17, 15) is 14.4 Å². The van der Waals surface area contributed by atoms with Crippen LogP contribution >= 0.6 is 11.3 Å². The highest BCUT2D eigenvalue weighted by molar-refractivity contribution is 7.13. The Kier molecular flexibility index (Phi) is 6.02. The number of aromatic nitrogens is 1. The van der Waals surface area contributed by atoms with Crippen LogP contribution in [0.4, 0.5) is 9.93 Å². The molecule has 1 saturated heterocycles. The van der Waals surface area contributed by atoms with Gasteiger partial charge in [-0.25, -0.2) is 9.78 Å². The molecule has 0 radical (unpaired) electrons. The van der Waals surface area contributed by atoms with Crippen molar-refractivity contribution in [1.82, 2.24) is 15.2 Å². The summed E-state index contributed by atoms with van der Waals surface area (Å²) in [7, 11) is 1.58. The first-order valence-corrected chi connectivity index (χ1v) is 9.39. The molecule has 1 fully saturated rings. The Morgan fingerprint density at radius 2 is 2.19 bits per heavy atom. The van der Waals surface area contributed by atoms with Crippen LogP contribution < -0.4 is 15.4 Å². The molecular weight excluding hydrogens is 368 g/mol. The predicted octanol–water partition coefficient (Wildman–Crippen LogP) is 2.03. The number of nitrogens with zero attached hydrogens (tertiary/aromatic N) is 2. The van der Waals surface area contributed by atoms with Crippen LogP contribution in [0, 0.1) is 0 Å². The first-order valence-electron chi connectivity index (χ1n) is 8.51. The minimum absolute atomic E-state index is 0.122. The minimum atomic E-state index is -0.683. The molecule has 0 saturated carbocycles. The van der Waals surface area contributed by atoms with Crippen LogP contribution in [0.5, 0.6) is 5.75 Å². The summed E-state index contributed by atoms with van der Waals surface area (Å²) >= 11 is 1.32. The van der Waals surface area contributed by atoms with E-state index in [4.69, 9.17) is 4.74 Å². The lowest BCUT2D eigenvalue weighted by Crippen LogP contribution is -2.33. The number of hydrogen-bond donors (Lipinski definition) is 2. The van der Waals surface area contributed by atoms with Crippen molar-refractivity contribution in [1.29, 1.82) is 0 Å². The molecule has 8 nitrogen and oxygen atoms in total. The lowest BCUT2D eigenvalue weighted by Gasteiger charge is -2.14. The summed E-state index contributed by atoms with van der Waals surface area (Å²) in [5.74, 6) is 0.177. The van der Waals surface area contributed by atoms with Gasteiger partial charge in [-0.3, -0.25) is 14.5 Å². The van der Waals surface area contributed by atoms with Gasteiger partial charge in [-0.15, -0.1) is 11.3 Å². The maximum Gasteiger partial charge on any atom is 0.324 e. The molecule has 2 aromatic rings. The molecule has 4 amide bonds. The van der Waals surface area contributed by atoms with Crippen LogP contribution in [0.3, 0.4) is 0 Å². The van der Waals surface area contributed by atoms with Gasteiger partial charge >= 0.3 is 6.03 Å². The number of carbonyl (C=O) groups excluding carboxylic acids is 3. The Morgan fingerprint density at radius 3 is 2.93 bits per heavy atom. The Balaban J connectivity index is 1.51. The number of nitrogens with one attached hydrogen (secondary N) is 2. The van der Waals surface area contributed by atoms with Crippen molar-refractivity contribution in [3.8, 4) is 5.75 Å². The van der Waals surface area contributed by atoms with E-state index in [2.05, 4.69) is 15.6 Å². The van der Waals surface area contributed by atoms with E-state index in [0.29, 0.717) is 11.6 Å². The van der Waals surface area contributed by atoms with Gasteiger partial charge in [-0.2, -0.15) is 0 Å². The van der Waals surface area contributed by atoms with Gasteiger partial charge in [0.05, 0.1) is 7.11 Å². The fraction of sp³-hybridized carbons (Fsp3) is 0.333. The van der Waals surface area contributed by atoms with Crippen LogP contribution in [0.1, 0.15) is 18.4 Å². The fourth-order valence-electron chi connectivity index (χ4n) is 2.87. The smallest absolute Gasteiger partial charge is 0.324 e. The molecule has 1 atom stereocenters. The number of urea groups is 1. The monoisotopic (exact) mass is 388 g/mol. The van der Waals surface area contributed by atoms with Gasteiger partial charge in [0.25, 0.3) is 5.91 Å². The highest BCUT2D eigenvalue weighted by Crippen LogP contribution is 2.20. The Hall–Kier alpha value is -2.94. The van der Waals surface area contributed by atoms with Crippen LogP contribution in [0.2, 0.25) is 0 Å². The van der Waals surface area contributed by atoms with E-state index < -0.39 is 12.1 Å². The zero-order valence-electron chi connectivity index (χ0n) is 14.8. The predicted molar refractivity (Wildman–Crippen MR) is 101 cm³/mol. The largest absolute Gasteiger partial charge is 0.496 e. The van der Waals surface area contributed by atoms with E-state index in [1.165, 1.54) is 16.2 Å². The molecule has 0 spiro atoms. The number of para-hydroxylation sites is 1. The third kappa shape index (κ3) is 4.62. The topological polar surface area (TPSA) is 101 Å². The summed E-state index contributed by atoms with van der Waals surface area (Å²) in [5.41, 5.74) is 0.923. The van der Waals surface area contributed by atoms with Gasteiger partial charge in [-0.1, -0.05) is 18.2 Å². The van der Waals surface area contributed by atoms with Gasteiger partial charge in [0.15, 0.2) is 5.13 Å². The van der Waals surface area contributed by atoms with Gasteiger partial charge < -0.3 is 15.4 Å².